The number of halogens is 3. The number of carbonyl (C=O) groups is 2. The van der Waals surface area contributed by atoms with Crippen LogP contribution >= 0.6 is 0 Å². The molecule has 0 aliphatic carbocycles. The maximum atomic E-state index is 12.8. The topological polar surface area (TPSA) is 105 Å². The van der Waals surface area contributed by atoms with Crippen molar-refractivity contribution in [3.8, 4) is 5.75 Å². The summed E-state index contributed by atoms with van der Waals surface area (Å²) in [4.78, 5) is 35.0. The highest BCUT2D eigenvalue weighted by Gasteiger charge is 2.31. The quantitative estimate of drug-likeness (QED) is 0.521. The van der Waals surface area contributed by atoms with Crippen molar-refractivity contribution < 1.29 is 32.6 Å². The van der Waals surface area contributed by atoms with Gasteiger partial charge in [0, 0.05) is 37.0 Å². The van der Waals surface area contributed by atoms with E-state index in [2.05, 4.69) is 15.3 Å². The number of pyridine rings is 2. The summed E-state index contributed by atoms with van der Waals surface area (Å²) in [6.45, 7) is 2.01. The summed E-state index contributed by atoms with van der Waals surface area (Å²) in [5.41, 5.74) is 2.86. The number of aryl methyl sites for hydroxylation is 1. The summed E-state index contributed by atoms with van der Waals surface area (Å²) in [7, 11) is 0. The lowest BCUT2D eigenvalue weighted by Gasteiger charge is -2.16. The average Bonchev–Trinajstić information content (AvgIpc) is 3.06. The van der Waals surface area contributed by atoms with Crippen molar-refractivity contribution in [3.63, 3.8) is 0 Å². The van der Waals surface area contributed by atoms with Gasteiger partial charge in [0.1, 0.15) is 5.75 Å². The lowest BCUT2D eigenvalue weighted by atomic mass is 10.1. The first-order valence-electron chi connectivity index (χ1n) is 10.5. The minimum Gasteiger partial charge on any atom is -0.491 e. The molecule has 2 amide bonds. The van der Waals surface area contributed by atoms with Gasteiger partial charge in [-0.05, 0) is 31.0 Å². The third kappa shape index (κ3) is 6.64. The van der Waals surface area contributed by atoms with Gasteiger partial charge in [0.05, 0.1) is 43.6 Å². The van der Waals surface area contributed by atoms with Gasteiger partial charge in [-0.2, -0.15) is 13.2 Å². The van der Waals surface area contributed by atoms with Crippen LogP contribution in [-0.2, 0) is 24.3 Å². The number of hydrogen-bond acceptors (Lipinski definition) is 6. The molecule has 33 heavy (non-hydrogen) atoms. The van der Waals surface area contributed by atoms with Crippen molar-refractivity contribution >= 4 is 11.8 Å². The predicted octanol–water partition coefficient (Wildman–Crippen LogP) is 2.31. The van der Waals surface area contributed by atoms with Crippen LogP contribution in [0.2, 0.25) is 0 Å². The Labute approximate surface area is 188 Å². The molecule has 3 heterocycles. The molecule has 0 spiro atoms. The third-order valence-corrected chi connectivity index (χ3v) is 5.11. The van der Waals surface area contributed by atoms with E-state index in [9.17, 15) is 22.8 Å². The van der Waals surface area contributed by atoms with Crippen molar-refractivity contribution in [1.82, 2.24) is 20.2 Å². The van der Waals surface area contributed by atoms with Gasteiger partial charge >= 0.3 is 6.18 Å². The molecule has 2 aromatic rings. The molecule has 11 heteroatoms. The van der Waals surface area contributed by atoms with Gasteiger partial charge in [-0.1, -0.05) is 0 Å². The zero-order valence-corrected chi connectivity index (χ0v) is 18.1. The minimum absolute atomic E-state index is 0.0170. The second kappa shape index (κ2) is 10.6. The molecule has 0 saturated carbocycles. The summed E-state index contributed by atoms with van der Waals surface area (Å²) >= 11 is 0. The maximum absolute atomic E-state index is 12.8. The van der Waals surface area contributed by atoms with Crippen LogP contribution in [-0.4, -0.2) is 57.7 Å². The number of alkyl halides is 3. The molecule has 3 rings (SSSR count). The standard InChI is InChI=1S/C22H25F3N4O4/c1-14-9-15(28-11-19(14)33-8-4-22(23,24)25)12-29-13-17-16(21(29)32)3-6-26-18(17)10-20(31)27-5-2-7-30/h3,6,9,11,30H,2,4-5,7-8,10,12-13H2,1H3,(H,27,31). The first-order chi connectivity index (χ1) is 15.7. The highest BCUT2D eigenvalue weighted by Crippen LogP contribution is 2.27. The van der Waals surface area contributed by atoms with Gasteiger partial charge in [0.2, 0.25) is 5.91 Å². The summed E-state index contributed by atoms with van der Waals surface area (Å²) in [6, 6.07) is 3.29. The van der Waals surface area contributed by atoms with Crippen molar-refractivity contribution in [2.45, 2.75) is 45.5 Å². The number of nitrogens with zero attached hydrogens (tertiary/aromatic N) is 3. The van der Waals surface area contributed by atoms with Crippen LogP contribution < -0.4 is 10.1 Å². The molecular formula is C22H25F3N4O4. The number of aliphatic hydroxyl groups excluding tert-OH is 1. The zero-order valence-electron chi connectivity index (χ0n) is 18.1. The van der Waals surface area contributed by atoms with E-state index in [0.29, 0.717) is 41.0 Å². The van der Waals surface area contributed by atoms with E-state index in [1.165, 1.54) is 12.4 Å². The number of hydrogen-bond donors (Lipinski definition) is 2. The summed E-state index contributed by atoms with van der Waals surface area (Å²) in [5.74, 6) is -0.189. The second-order valence-electron chi connectivity index (χ2n) is 7.70. The van der Waals surface area contributed by atoms with Gasteiger partial charge in [-0.15, -0.1) is 0 Å². The number of ether oxygens (including phenoxy) is 1. The number of aliphatic hydroxyl groups is 1. The lowest BCUT2D eigenvalue weighted by Crippen LogP contribution is -2.27. The van der Waals surface area contributed by atoms with Crippen LogP contribution in [0.15, 0.2) is 24.5 Å². The second-order valence-corrected chi connectivity index (χ2v) is 7.70. The van der Waals surface area contributed by atoms with Crippen LogP contribution in [0.5, 0.6) is 5.75 Å². The zero-order chi connectivity index (χ0) is 24.0. The molecule has 0 atom stereocenters. The molecule has 178 valence electrons. The molecule has 0 fully saturated rings. The van der Waals surface area contributed by atoms with E-state index >= 15 is 0 Å². The van der Waals surface area contributed by atoms with Crippen molar-refractivity contribution in [2.24, 2.45) is 0 Å². The Kier molecular flexibility index (Phi) is 7.85. The largest absolute Gasteiger partial charge is 0.491 e. The smallest absolute Gasteiger partial charge is 0.392 e. The molecule has 0 bridgehead atoms. The monoisotopic (exact) mass is 466 g/mol. The average molecular weight is 466 g/mol. The number of aromatic nitrogens is 2. The highest BCUT2D eigenvalue weighted by atomic mass is 19.4. The van der Waals surface area contributed by atoms with Crippen LogP contribution in [0.3, 0.4) is 0 Å². The number of amides is 2. The van der Waals surface area contributed by atoms with Crippen LogP contribution in [0.25, 0.3) is 0 Å². The Morgan fingerprint density at radius 2 is 2.12 bits per heavy atom. The number of carbonyl (C=O) groups excluding carboxylic acids is 2. The van der Waals surface area contributed by atoms with Gasteiger partial charge in [0.15, 0.2) is 0 Å². The van der Waals surface area contributed by atoms with Crippen molar-refractivity contribution in [3.05, 3.63) is 52.6 Å². The molecule has 0 radical (unpaired) electrons. The fourth-order valence-corrected chi connectivity index (χ4v) is 3.46. The fraction of sp³-hybridized carbons (Fsp3) is 0.455. The van der Waals surface area contributed by atoms with E-state index in [1.807, 2.05) is 0 Å². The Morgan fingerprint density at radius 3 is 2.82 bits per heavy atom. The van der Waals surface area contributed by atoms with E-state index in [4.69, 9.17) is 9.84 Å². The molecular weight excluding hydrogens is 441 g/mol. The van der Waals surface area contributed by atoms with Gasteiger partial charge in [-0.25, -0.2) is 0 Å². The summed E-state index contributed by atoms with van der Waals surface area (Å²) in [6.07, 6.45) is -2.01. The SMILES string of the molecule is Cc1cc(CN2Cc3c(ccnc3CC(=O)NCCCO)C2=O)ncc1OCCC(F)(F)F. The van der Waals surface area contributed by atoms with Crippen molar-refractivity contribution in [2.75, 3.05) is 19.8 Å². The van der Waals surface area contributed by atoms with E-state index in [1.54, 1.807) is 24.0 Å². The lowest BCUT2D eigenvalue weighted by molar-refractivity contribution is -0.139. The third-order valence-electron chi connectivity index (χ3n) is 5.11. The van der Waals surface area contributed by atoms with Gasteiger partial charge in [-0.3, -0.25) is 19.6 Å². The first kappa shape index (κ1) is 24.4. The molecule has 1 aliphatic rings. The molecule has 1 aliphatic heterocycles. The van der Waals surface area contributed by atoms with Crippen LogP contribution in [0, 0.1) is 6.92 Å². The normalized spacial score (nSPS) is 13.2. The minimum atomic E-state index is -4.29. The maximum Gasteiger partial charge on any atom is 0.392 e. The number of rotatable bonds is 10. The Balaban J connectivity index is 1.63. The predicted molar refractivity (Wildman–Crippen MR) is 111 cm³/mol. The molecule has 2 N–H and O–H groups in total. The molecule has 8 nitrogen and oxygen atoms in total. The summed E-state index contributed by atoms with van der Waals surface area (Å²) < 4.78 is 42.1. The summed E-state index contributed by atoms with van der Waals surface area (Å²) in [5, 5.41) is 11.5. The Bertz CT molecular complexity index is 1010. The van der Waals surface area contributed by atoms with Gasteiger partial charge < -0.3 is 20.1 Å². The Morgan fingerprint density at radius 1 is 1.33 bits per heavy atom. The molecule has 0 unspecified atom stereocenters. The van der Waals surface area contributed by atoms with E-state index in [0.717, 1.165) is 0 Å². The Hall–Kier alpha value is -3.21. The molecule has 2 aromatic heterocycles. The van der Waals surface area contributed by atoms with Crippen LogP contribution in [0.4, 0.5) is 13.2 Å². The van der Waals surface area contributed by atoms with E-state index < -0.39 is 19.2 Å². The van der Waals surface area contributed by atoms with Gasteiger partial charge in [0.25, 0.3) is 5.91 Å². The molecule has 0 aromatic carbocycles. The molecule has 0 saturated heterocycles. The fourth-order valence-electron chi connectivity index (χ4n) is 3.46. The number of fused-ring (bicyclic) bond motifs is 1. The van der Waals surface area contributed by atoms with Crippen LogP contribution in [0.1, 0.15) is 45.7 Å². The first-order valence-corrected chi connectivity index (χ1v) is 10.5. The number of nitrogens with one attached hydrogen (secondary N) is 1. The van der Waals surface area contributed by atoms with Crippen molar-refractivity contribution in [1.29, 1.82) is 0 Å². The van der Waals surface area contributed by atoms with E-state index in [-0.39, 0.29) is 43.7 Å². The highest BCUT2D eigenvalue weighted by molar-refractivity contribution is 5.98.